The van der Waals surface area contributed by atoms with Crippen LogP contribution >= 0.6 is 0 Å². The number of hydrogen-bond acceptors (Lipinski definition) is 3. The Kier molecular flexibility index (Phi) is 6.49. The van der Waals surface area contributed by atoms with E-state index in [0.29, 0.717) is 13.1 Å². The number of rotatable bonds is 7. The van der Waals surface area contributed by atoms with Crippen LogP contribution in [0.5, 0.6) is 0 Å². The van der Waals surface area contributed by atoms with Gasteiger partial charge in [-0.15, -0.1) is 0 Å². The third kappa shape index (κ3) is 4.38. The Morgan fingerprint density at radius 2 is 1.87 bits per heavy atom. The van der Waals surface area contributed by atoms with Gasteiger partial charge in [-0.2, -0.15) is 0 Å². The highest BCUT2D eigenvalue weighted by atomic mass is 32.2. The fourth-order valence-electron chi connectivity index (χ4n) is 2.63. The summed E-state index contributed by atoms with van der Waals surface area (Å²) < 4.78 is 24.9. The molecule has 1 aliphatic heterocycles. The van der Waals surface area contributed by atoms with Gasteiger partial charge in [-0.25, -0.2) is 12.7 Å². The van der Waals surface area contributed by atoms with Gasteiger partial charge in [0.15, 0.2) is 5.96 Å². The summed E-state index contributed by atoms with van der Waals surface area (Å²) in [6.07, 6.45) is 0.724. The molecule has 6 nitrogen and oxygen atoms in total. The minimum atomic E-state index is -3.09. The Morgan fingerprint density at radius 1 is 1.26 bits per heavy atom. The van der Waals surface area contributed by atoms with E-state index in [1.54, 1.807) is 14.0 Å². The highest BCUT2D eigenvalue weighted by Gasteiger charge is 2.53. The van der Waals surface area contributed by atoms with Crippen LogP contribution in [0.1, 0.15) is 48.0 Å². The molecule has 1 heterocycles. The van der Waals surface area contributed by atoms with Crippen molar-refractivity contribution in [2.75, 3.05) is 39.0 Å². The summed E-state index contributed by atoms with van der Waals surface area (Å²) in [5.41, 5.74) is 0.328. The van der Waals surface area contributed by atoms with Crippen molar-refractivity contribution in [3.05, 3.63) is 0 Å². The maximum absolute atomic E-state index is 11.7. The smallest absolute Gasteiger partial charge is 0.213 e. The fourth-order valence-corrected chi connectivity index (χ4v) is 3.48. The zero-order valence-corrected chi connectivity index (χ0v) is 16.6. The summed E-state index contributed by atoms with van der Waals surface area (Å²) in [4.78, 5) is 6.99. The topological polar surface area (TPSA) is 65.0 Å². The Bertz CT molecular complexity index is 526. The number of likely N-dealkylation sites (tertiary alicyclic amines) is 1. The number of sulfonamides is 1. The van der Waals surface area contributed by atoms with Crippen molar-refractivity contribution in [2.45, 2.75) is 53.5 Å². The van der Waals surface area contributed by atoms with E-state index in [9.17, 15) is 8.42 Å². The van der Waals surface area contributed by atoms with E-state index in [4.69, 9.17) is 0 Å². The second-order valence-electron chi connectivity index (χ2n) is 7.34. The molecule has 1 aliphatic rings. The van der Waals surface area contributed by atoms with E-state index < -0.39 is 10.0 Å². The summed E-state index contributed by atoms with van der Waals surface area (Å²) in [5, 5.41) is 3.35. The van der Waals surface area contributed by atoms with Gasteiger partial charge in [0.05, 0.1) is 5.75 Å². The van der Waals surface area contributed by atoms with Crippen molar-refractivity contribution >= 4 is 16.0 Å². The molecule has 0 aromatic rings. The van der Waals surface area contributed by atoms with E-state index >= 15 is 0 Å². The van der Waals surface area contributed by atoms with Crippen molar-refractivity contribution in [3.63, 3.8) is 0 Å². The lowest BCUT2D eigenvalue weighted by Gasteiger charge is -2.62. The first-order valence-corrected chi connectivity index (χ1v) is 10.1. The summed E-state index contributed by atoms with van der Waals surface area (Å²) >= 11 is 0. The van der Waals surface area contributed by atoms with Crippen LogP contribution in [0.2, 0.25) is 0 Å². The molecule has 1 rings (SSSR count). The van der Waals surface area contributed by atoms with Crippen molar-refractivity contribution in [3.8, 4) is 0 Å². The first kappa shape index (κ1) is 20.2. The lowest BCUT2D eigenvalue weighted by atomic mass is 9.65. The maximum atomic E-state index is 11.7. The molecule has 0 aromatic heterocycles. The molecule has 0 unspecified atom stereocenters. The van der Waals surface area contributed by atoms with Gasteiger partial charge in [0.2, 0.25) is 10.0 Å². The lowest BCUT2D eigenvalue weighted by molar-refractivity contribution is -0.0667. The molecule has 0 bridgehead atoms. The van der Waals surface area contributed by atoms with Crippen molar-refractivity contribution in [2.24, 2.45) is 10.4 Å². The minimum Gasteiger partial charge on any atom is -0.356 e. The molecule has 1 saturated heterocycles. The van der Waals surface area contributed by atoms with Gasteiger partial charge in [-0.3, -0.25) is 4.99 Å². The van der Waals surface area contributed by atoms with Crippen molar-refractivity contribution < 1.29 is 8.42 Å². The average Bonchev–Trinajstić information content (AvgIpc) is 2.47. The van der Waals surface area contributed by atoms with E-state index in [-0.39, 0.29) is 16.7 Å². The summed E-state index contributed by atoms with van der Waals surface area (Å²) in [5.74, 6) is 1.07. The van der Waals surface area contributed by atoms with E-state index in [2.05, 4.69) is 49.8 Å². The molecule has 1 fully saturated rings. The number of aliphatic imine (C=N–C) groups is 1. The first-order chi connectivity index (χ1) is 10.5. The molecule has 0 saturated carbocycles. The second-order valence-corrected chi connectivity index (χ2v) is 9.70. The Labute approximate surface area is 142 Å². The lowest BCUT2D eigenvalue weighted by Crippen LogP contribution is -2.72. The number of nitrogens with one attached hydrogen (secondary N) is 1. The molecule has 7 heteroatoms. The number of nitrogens with zero attached hydrogens (tertiary/aromatic N) is 3. The van der Waals surface area contributed by atoms with Crippen LogP contribution in [0, 0.1) is 5.41 Å². The normalized spacial score (nSPS) is 20.5. The van der Waals surface area contributed by atoms with Gasteiger partial charge in [-0.1, -0.05) is 13.8 Å². The Morgan fingerprint density at radius 3 is 2.30 bits per heavy atom. The number of hydrogen-bond donors (Lipinski definition) is 1. The largest absolute Gasteiger partial charge is 0.356 e. The van der Waals surface area contributed by atoms with Crippen molar-refractivity contribution in [1.29, 1.82) is 0 Å². The van der Waals surface area contributed by atoms with Gasteiger partial charge in [0.25, 0.3) is 0 Å². The molecule has 0 amide bonds. The molecule has 0 aromatic carbocycles. The van der Waals surface area contributed by atoms with Crippen LogP contribution < -0.4 is 5.32 Å². The zero-order valence-electron chi connectivity index (χ0n) is 15.8. The van der Waals surface area contributed by atoms with Crippen LogP contribution in [0.25, 0.3) is 0 Å². The van der Waals surface area contributed by atoms with E-state index in [1.807, 2.05) is 0 Å². The molecule has 23 heavy (non-hydrogen) atoms. The monoisotopic (exact) mass is 346 g/mol. The van der Waals surface area contributed by atoms with Gasteiger partial charge in [0.1, 0.15) is 0 Å². The van der Waals surface area contributed by atoms with Crippen molar-refractivity contribution in [1.82, 2.24) is 14.5 Å². The quantitative estimate of drug-likeness (QED) is 0.433. The highest BCUT2D eigenvalue weighted by Crippen LogP contribution is 2.46. The highest BCUT2D eigenvalue weighted by molar-refractivity contribution is 7.89. The second kappa shape index (κ2) is 7.38. The van der Waals surface area contributed by atoms with Crippen LogP contribution in [0.3, 0.4) is 0 Å². The predicted octanol–water partition coefficient (Wildman–Crippen LogP) is 1.74. The molecular formula is C16H34N4O2S. The van der Waals surface area contributed by atoms with Gasteiger partial charge >= 0.3 is 0 Å². The summed E-state index contributed by atoms with van der Waals surface area (Å²) in [7, 11) is -1.46. The Balaban J connectivity index is 2.61. The van der Waals surface area contributed by atoms with Crippen LogP contribution in [0.15, 0.2) is 4.99 Å². The third-order valence-corrected chi connectivity index (χ3v) is 7.07. The molecule has 1 N–H and O–H groups in total. The average molecular weight is 347 g/mol. The third-order valence-electron chi connectivity index (χ3n) is 5.21. The Hall–Kier alpha value is -0.820. The molecule has 0 spiro atoms. The first-order valence-electron chi connectivity index (χ1n) is 8.49. The van der Waals surface area contributed by atoms with Crippen LogP contribution in [-0.4, -0.2) is 68.1 Å². The predicted molar refractivity (Wildman–Crippen MR) is 97.3 cm³/mol. The van der Waals surface area contributed by atoms with Crippen LogP contribution in [0.4, 0.5) is 0 Å². The zero-order chi connectivity index (χ0) is 17.9. The maximum Gasteiger partial charge on any atom is 0.213 e. The SMILES string of the molecule is CCNC(=NCCCN(C)S(=O)(=O)CC)N1CC(C)(C)C1(C)C. The summed E-state index contributed by atoms with van der Waals surface area (Å²) in [6.45, 7) is 15.7. The fraction of sp³-hybridized carbons (Fsp3) is 0.938. The molecule has 0 radical (unpaired) electrons. The molecule has 0 atom stereocenters. The molecular weight excluding hydrogens is 312 g/mol. The number of guanidine groups is 1. The van der Waals surface area contributed by atoms with Gasteiger partial charge < -0.3 is 10.2 Å². The van der Waals surface area contributed by atoms with Gasteiger partial charge in [0, 0.05) is 44.2 Å². The van der Waals surface area contributed by atoms with Crippen LogP contribution in [-0.2, 0) is 10.0 Å². The van der Waals surface area contributed by atoms with E-state index in [0.717, 1.165) is 25.5 Å². The molecule has 136 valence electrons. The summed E-state index contributed by atoms with van der Waals surface area (Å²) in [6, 6.07) is 0. The molecule has 0 aliphatic carbocycles. The standard InChI is InChI=1S/C16H34N4O2S/c1-8-17-14(20-13-15(3,4)16(20,5)6)18-11-10-12-19(7)23(21,22)9-2/h8-13H2,1-7H3,(H,17,18). The minimum absolute atomic E-state index is 0.0658. The van der Waals surface area contributed by atoms with E-state index in [1.165, 1.54) is 4.31 Å². The van der Waals surface area contributed by atoms with Gasteiger partial charge in [-0.05, 0) is 34.1 Å².